The number of hydrogen-bond acceptors (Lipinski definition) is 6. The van der Waals surface area contributed by atoms with Crippen LogP contribution in [-0.2, 0) is 23.2 Å². The minimum absolute atomic E-state index is 0.163. The van der Waals surface area contributed by atoms with E-state index in [1.165, 1.54) is 6.07 Å². The van der Waals surface area contributed by atoms with Crippen LogP contribution in [0.4, 0.5) is 10.3 Å². The standard InChI is InChI=1S/C23H28FN5O2/c24-19-2-1-15(11-16-3-7-26-13-16)12-18(19)21(30)29-8-5-23(6-9-29)20-17(4-10-31-23)14-27-22(25)28-20/h1-2,12,14,16,26H,3-11,13H2,(H2,25,27,28). The number of piperidine rings is 1. The lowest BCUT2D eigenvalue weighted by atomic mass is 9.83. The van der Waals surface area contributed by atoms with Crippen molar-refractivity contribution in [1.82, 2.24) is 20.2 Å². The normalized spacial score (nSPS) is 22.5. The van der Waals surface area contributed by atoms with Crippen molar-refractivity contribution in [2.24, 2.45) is 5.92 Å². The zero-order chi connectivity index (χ0) is 21.4. The summed E-state index contributed by atoms with van der Waals surface area (Å²) in [6, 6.07) is 4.96. The minimum Gasteiger partial charge on any atom is -0.368 e. The Labute approximate surface area is 181 Å². The molecule has 1 unspecified atom stereocenters. The molecule has 1 spiro atoms. The van der Waals surface area contributed by atoms with Crippen molar-refractivity contribution < 1.29 is 13.9 Å². The smallest absolute Gasteiger partial charge is 0.256 e. The van der Waals surface area contributed by atoms with Gasteiger partial charge in [0, 0.05) is 19.3 Å². The van der Waals surface area contributed by atoms with Gasteiger partial charge in [0.1, 0.15) is 11.4 Å². The zero-order valence-electron chi connectivity index (χ0n) is 17.6. The number of carbonyl (C=O) groups excluding carboxylic acids is 1. The number of anilines is 1. The van der Waals surface area contributed by atoms with Gasteiger partial charge in [-0.1, -0.05) is 6.07 Å². The average molecular weight is 426 g/mol. The fourth-order valence-corrected chi connectivity index (χ4v) is 5.13. The van der Waals surface area contributed by atoms with E-state index in [2.05, 4.69) is 15.3 Å². The highest BCUT2D eigenvalue weighted by Gasteiger charge is 2.43. The first-order valence-electron chi connectivity index (χ1n) is 11.1. The zero-order valence-corrected chi connectivity index (χ0v) is 17.6. The third-order valence-corrected chi connectivity index (χ3v) is 6.87. The fourth-order valence-electron chi connectivity index (χ4n) is 5.13. The Bertz CT molecular complexity index is 984. The molecule has 1 aromatic heterocycles. The number of nitrogens with two attached hydrogens (primary N) is 1. The van der Waals surface area contributed by atoms with Gasteiger partial charge in [-0.25, -0.2) is 14.4 Å². The van der Waals surface area contributed by atoms with E-state index in [4.69, 9.17) is 10.5 Å². The number of hydrogen-bond donors (Lipinski definition) is 2. The summed E-state index contributed by atoms with van der Waals surface area (Å²) in [6.45, 7) is 3.57. The van der Waals surface area contributed by atoms with Gasteiger partial charge in [-0.3, -0.25) is 4.79 Å². The van der Waals surface area contributed by atoms with Crippen molar-refractivity contribution >= 4 is 11.9 Å². The number of amides is 1. The van der Waals surface area contributed by atoms with E-state index in [-0.39, 0.29) is 17.4 Å². The minimum atomic E-state index is -0.544. The van der Waals surface area contributed by atoms with Crippen LogP contribution in [0, 0.1) is 11.7 Å². The van der Waals surface area contributed by atoms with Gasteiger partial charge in [0.15, 0.2) is 0 Å². The van der Waals surface area contributed by atoms with E-state index in [0.29, 0.717) is 38.5 Å². The number of nitrogen functional groups attached to an aromatic ring is 1. The monoisotopic (exact) mass is 425 g/mol. The molecule has 0 radical (unpaired) electrons. The Morgan fingerprint density at radius 1 is 1.35 bits per heavy atom. The van der Waals surface area contributed by atoms with Crippen LogP contribution in [0.1, 0.15) is 46.4 Å². The Kier molecular flexibility index (Phi) is 5.35. The predicted octanol–water partition coefficient (Wildman–Crippen LogP) is 2.05. The molecule has 7 nitrogen and oxygen atoms in total. The second-order valence-corrected chi connectivity index (χ2v) is 8.86. The fraction of sp³-hybridized carbons (Fsp3) is 0.522. The Morgan fingerprint density at radius 2 is 2.19 bits per heavy atom. The van der Waals surface area contributed by atoms with Gasteiger partial charge in [-0.05, 0) is 74.4 Å². The van der Waals surface area contributed by atoms with Crippen LogP contribution in [0.3, 0.4) is 0 Å². The molecule has 1 amide bonds. The predicted molar refractivity (Wildman–Crippen MR) is 114 cm³/mol. The van der Waals surface area contributed by atoms with E-state index in [1.54, 1.807) is 23.2 Å². The number of ether oxygens (including phenoxy) is 1. The second kappa shape index (κ2) is 8.16. The summed E-state index contributed by atoms with van der Waals surface area (Å²) >= 11 is 0. The van der Waals surface area contributed by atoms with Crippen molar-refractivity contribution in [3.05, 3.63) is 52.6 Å². The highest BCUT2D eigenvalue weighted by Crippen LogP contribution is 2.40. The summed E-state index contributed by atoms with van der Waals surface area (Å²) < 4.78 is 20.7. The number of nitrogens with zero attached hydrogens (tertiary/aromatic N) is 3. The number of carbonyl (C=O) groups is 1. The number of nitrogens with one attached hydrogen (secondary N) is 1. The molecular formula is C23H28FN5O2. The Morgan fingerprint density at radius 3 is 2.97 bits per heavy atom. The molecule has 5 rings (SSSR count). The maximum absolute atomic E-state index is 14.6. The molecule has 8 heteroatoms. The number of benzene rings is 1. The maximum Gasteiger partial charge on any atom is 0.256 e. The van der Waals surface area contributed by atoms with Gasteiger partial charge >= 0.3 is 0 Å². The number of likely N-dealkylation sites (tertiary alicyclic amines) is 1. The lowest BCUT2D eigenvalue weighted by molar-refractivity contribution is -0.0967. The highest BCUT2D eigenvalue weighted by molar-refractivity contribution is 5.94. The first-order chi connectivity index (χ1) is 15.0. The van der Waals surface area contributed by atoms with Crippen LogP contribution >= 0.6 is 0 Å². The Hall–Kier alpha value is -2.58. The lowest BCUT2D eigenvalue weighted by Gasteiger charge is -2.44. The van der Waals surface area contributed by atoms with Crippen molar-refractivity contribution in [1.29, 1.82) is 0 Å². The molecule has 1 atom stereocenters. The van der Waals surface area contributed by atoms with Crippen molar-refractivity contribution in [2.45, 2.75) is 37.7 Å². The molecule has 0 aliphatic carbocycles. The van der Waals surface area contributed by atoms with Crippen LogP contribution in [0.5, 0.6) is 0 Å². The van der Waals surface area contributed by atoms with E-state index < -0.39 is 11.4 Å². The van der Waals surface area contributed by atoms with Crippen molar-refractivity contribution in [3.8, 4) is 0 Å². The van der Waals surface area contributed by atoms with Crippen LogP contribution in [0.25, 0.3) is 0 Å². The number of rotatable bonds is 3. The van der Waals surface area contributed by atoms with E-state index in [9.17, 15) is 9.18 Å². The van der Waals surface area contributed by atoms with Gasteiger partial charge < -0.3 is 20.7 Å². The van der Waals surface area contributed by atoms with Crippen LogP contribution in [0.2, 0.25) is 0 Å². The number of fused-ring (bicyclic) bond motifs is 2. The summed E-state index contributed by atoms with van der Waals surface area (Å²) in [5, 5.41) is 3.35. The van der Waals surface area contributed by atoms with E-state index >= 15 is 0 Å². The highest BCUT2D eigenvalue weighted by atomic mass is 19.1. The van der Waals surface area contributed by atoms with Crippen molar-refractivity contribution in [2.75, 3.05) is 38.5 Å². The van der Waals surface area contributed by atoms with Gasteiger partial charge in [0.2, 0.25) is 5.95 Å². The SMILES string of the molecule is Nc1ncc2c(n1)C1(CCN(C(=O)c3cc(CC4CCNC4)ccc3F)CC1)OCC2. The van der Waals surface area contributed by atoms with Gasteiger partial charge in [-0.15, -0.1) is 0 Å². The third-order valence-electron chi connectivity index (χ3n) is 6.87. The molecule has 164 valence electrons. The first kappa shape index (κ1) is 20.3. The molecule has 31 heavy (non-hydrogen) atoms. The molecule has 2 aromatic rings. The lowest BCUT2D eigenvalue weighted by Crippen LogP contribution is -2.49. The summed E-state index contributed by atoms with van der Waals surface area (Å²) in [5.41, 5.74) is 8.36. The summed E-state index contributed by atoms with van der Waals surface area (Å²) in [4.78, 5) is 23.5. The van der Waals surface area contributed by atoms with Crippen LogP contribution in [0.15, 0.2) is 24.4 Å². The van der Waals surface area contributed by atoms with Crippen LogP contribution in [-0.4, -0.2) is 53.6 Å². The average Bonchev–Trinajstić information content (AvgIpc) is 3.29. The van der Waals surface area contributed by atoms with Gasteiger partial charge in [0.05, 0.1) is 17.9 Å². The first-order valence-corrected chi connectivity index (χ1v) is 11.1. The summed E-state index contributed by atoms with van der Waals surface area (Å²) in [6.07, 6.45) is 5.73. The molecule has 2 fully saturated rings. The topological polar surface area (TPSA) is 93.4 Å². The van der Waals surface area contributed by atoms with Crippen molar-refractivity contribution in [3.63, 3.8) is 0 Å². The molecule has 3 aliphatic heterocycles. The molecule has 2 saturated heterocycles. The second-order valence-electron chi connectivity index (χ2n) is 8.86. The maximum atomic E-state index is 14.6. The van der Waals surface area contributed by atoms with E-state index in [0.717, 1.165) is 49.2 Å². The molecule has 3 N–H and O–H groups in total. The number of aromatic nitrogens is 2. The largest absolute Gasteiger partial charge is 0.368 e. The summed E-state index contributed by atoms with van der Waals surface area (Å²) in [7, 11) is 0. The molecule has 1 aromatic carbocycles. The van der Waals surface area contributed by atoms with Gasteiger partial charge in [-0.2, -0.15) is 0 Å². The quantitative estimate of drug-likeness (QED) is 0.782. The van der Waals surface area contributed by atoms with Crippen LogP contribution < -0.4 is 11.1 Å². The number of halogens is 1. The molecular weight excluding hydrogens is 397 g/mol. The molecule has 0 bridgehead atoms. The third kappa shape index (κ3) is 3.90. The van der Waals surface area contributed by atoms with E-state index in [1.807, 2.05) is 0 Å². The summed E-state index contributed by atoms with van der Waals surface area (Å²) in [5.74, 6) is 0.0648. The molecule has 0 saturated carbocycles. The Balaban J connectivity index is 1.31. The molecule has 3 aliphatic rings. The van der Waals surface area contributed by atoms with Gasteiger partial charge in [0.25, 0.3) is 5.91 Å². The molecule has 4 heterocycles.